The highest BCUT2D eigenvalue weighted by Gasteiger charge is 2.19. The number of benzene rings is 1. The maximum Gasteiger partial charge on any atom is 0.257 e. The van der Waals surface area contributed by atoms with Gasteiger partial charge in [0.05, 0.1) is 16.6 Å². The van der Waals surface area contributed by atoms with Gasteiger partial charge in [0.25, 0.3) is 11.6 Å². The number of pyridine rings is 1. The van der Waals surface area contributed by atoms with Crippen LogP contribution in [0.2, 0.25) is 0 Å². The summed E-state index contributed by atoms with van der Waals surface area (Å²) in [5.41, 5.74) is 3.09. The Bertz CT molecular complexity index is 932. The number of rotatable bonds is 9. The number of nitrogens with zero attached hydrogens (tertiary/aromatic N) is 3. The quantitative estimate of drug-likeness (QED) is 0.593. The number of hydrogen-bond donors (Lipinski definition) is 1. The number of fused-ring (bicyclic) bond motifs is 1. The third kappa shape index (κ3) is 5.01. The van der Waals surface area contributed by atoms with Gasteiger partial charge in [-0.25, -0.2) is 4.98 Å². The molecule has 0 saturated carbocycles. The Morgan fingerprint density at radius 2 is 1.90 bits per heavy atom. The molecule has 2 heterocycles. The predicted molar refractivity (Wildman–Crippen MR) is 115 cm³/mol. The van der Waals surface area contributed by atoms with E-state index in [2.05, 4.69) is 58.5 Å². The van der Waals surface area contributed by atoms with Crippen LogP contribution in [-0.4, -0.2) is 46.6 Å². The van der Waals surface area contributed by atoms with Crippen LogP contribution in [0.1, 0.15) is 55.2 Å². The molecule has 0 saturated heterocycles. The molecule has 0 fully saturated rings. The number of carbonyl (C=O) groups excluding carboxylic acids is 1. The Kier molecular flexibility index (Phi) is 6.99. The van der Waals surface area contributed by atoms with Gasteiger partial charge in [-0.2, -0.15) is 0 Å². The zero-order chi connectivity index (χ0) is 20.8. The molecule has 1 amide bonds. The van der Waals surface area contributed by atoms with Crippen LogP contribution in [0.3, 0.4) is 0 Å². The summed E-state index contributed by atoms with van der Waals surface area (Å²) < 4.78 is 5.27. The lowest BCUT2D eigenvalue weighted by atomic mass is 10.0. The minimum absolute atomic E-state index is 0.125. The summed E-state index contributed by atoms with van der Waals surface area (Å²) in [5.74, 6) is 0.0785. The van der Waals surface area contributed by atoms with E-state index in [1.807, 2.05) is 26.0 Å². The van der Waals surface area contributed by atoms with Gasteiger partial charge < -0.3 is 9.84 Å². The van der Waals surface area contributed by atoms with Gasteiger partial charge in [-0.05, 0) is 37.1 Å². The first-order valence-electron chi connectivity index (χ1n) is 10.3. The zero-order valence-electron chi connectivity index (χ0n) is 17.7. The van der Waals surface area contributed by atoms with Crippen LogP contribution in [-0.2, 0) is 6.42 Å². The molecule has 0 bridgehead atoms. The summed E-state index contributed by atoms with van der Waals surface area (Å²) in [5, 5.41) is 7.99. The molecule has 3 aromatic rings. The van der Waals surface area contributed by atoms with Crippen molar-refractivity contribution in [3.63, 3.8) is 0 Å². The Labute approximate surface area is 172 Å². The highest BCUT2D eigenvalue weighted by atomic mass is 16.5. The monoisotopic (exact) mass is 394 g/mol. The van der Waals surface area contributed by atoms with Crippen LogP contribution in [0, 0.1) is 0 Å². The maximum absolute atomic E-state index is 12.8. The molecular formula is C23H30N4O2. The first-order chi connectivity index (χ1) is 14.0. The average Bonchev–Trinajstić information content (AvgIpc) is 3.16. The van der Waals surface area contributed by atoms with E-state index >= 15 is 0 Å². The second kappa shape index (κ2) is 9.65. The second-order valence-corrected chi connectivity index (χ2v) is 7.57. The van der Waals surface area contributed by atoms with E-state index in [9.17, 15) is 4.79 Å². The number of hydrogen-bond acceptors (Lipinski definition) is 5. The maximum atomic E-state index is 12.8. The lowest BCUT2D eigenvalue weighted by molar-refractivity contribution is 0.0934. The van der Waals surface area contributed by atoms with Gasteiger partial charge >= 0.3 is 0 Å². The lowest BCUT2D eigenvalue weighted by Crippen LogP contribution is -2.45. The average molecular weight is 395 g/mol. The molecule has 0 spiro atoms. The van der Waals surface area contributed by atoms with Gasteiger partial charge in [0, 0.05) is 18.8 Å². The number of amides is 1. The van der Waals surface area contributed by atoms with Gasteiger partial charge in [-0.3, -0.25) is 9.69 Å². The largest absolute Gasteiger partial charge is 0.350 e. The van der Waals surface area contributed by atoms with Crippen molar-refractivity contribution < 1.29 is 9.32 Å². The van der Waals surface area contributed by atoms with Gasteiger partial charge in [0.1, 0.15) is 0 Å². The summed E-state index contributed by atoms with van der Waals surface area (Å²) in [6, 6.07) is 12.5. The molecule has 1 aromatic carbocycles. The number of carbonyl (C=O) groups is 1. The van der Waals surface area contributed by atoms with Crippen LogP contribution in [0.5, 0.6) is 0 Å². The van der Waals surface area contributed by atoms with E-state index in [0.717, 1.165) is 30.6 Å². The molecule has 0 aliphatic carbocycles. The minimum atomic E-state index is -0.125. The van der Waals surface area contributed by atoms with Crippen LogP contribution >= 0.6 is 0 Å². The third-order valence-electron chi connectivity index (χ3n) is 5.31. The van der Waals surface area contributed by atoms with Crippen molar-refractivity contribution in [2.45, 2.75) is 46.1 Å². The van der Waals surface area contributed by atoms with Crippen molar-refractivity contribution in [1.82, 2.24) is 20.4 Å². The topological polar surface area (TPSA) is 71.3 Å². The minimum Gasteiger partial charge on any atom is -0.350 e. The first kappa shape index (κ1) is 21.0. The van der Waals surface area contributed by atoms with Crippen molar-refractivity contribution in [2.24, 2.45) is 0 Å². The van der Waals surface area contributed by atoms with Crippen molar-refractivity contribution in [3.8, 4) is 0 Å². The predicted octanol–water partition coefficient (Wildman–Crippen LogP) is 4.03. The van der Waals surface area contributed by atoms with E-state index in [1.54, 1.807) is 6.20 Å². The Balaban J connectivity index is 1.73. The van der Waals surface area contributed by atoms with Crippen molar-refractivity contribution >= 4 is 17.0 Å². The van der Waals surface area contributed by atoms with E-state index in [0.29, 0.717) is 17.8 Å². The molecule has 1 atom stereocenters. The van der Waals surface area contributed by atoms with Crippen molar-refractivity contribution in [3.05, 3.63) is 59.4 Å². The second-order valence-electron chi connectivity index (χ2n) is 7.57. The van der Waals surface area contributed by atoms with Crippen LogP contribution in [0.4, 0.5) is 0 Å². The van der Waals surface area contributed by atoms with Crippen LogP contribution in [0.15, 0.2) is 47.1 Å². The molecule has 0 aliphatic rings. The van der Waals surface area contributed by atoms with Crippen molar-refractivity contribution in [2.75, 3.05) is 19.6 Å². The van der Waals surface area contributed by atoms with Crippen molar-refractivity contribution in [1.29, 1.82) is 0 Å². The van der Waals surface area contributed by atoms with Crippen LogP contribution in [0.25, 0.3) is 11.1 Å². The fraction of sp³-hybridized carbons (Fsp3) is 0.435. The highest BCUT2D eigenvalue weighted by molar-refractivity contribution is 5.97. The third-order valence-corrected chi connectivity index (χ3v) is 5.31. The molecule has 154 valence electrons. The molecule has 2 aromatic heterocycles. The summed E-state index contributed by atoms with van der Waals surface area (Å²) >= 11 is 0. The molecule has 6 nitrogen and oxygen atoms in total. The molecule has 29 heavy (non-hydrogen) atoms. The standard InChI is InChI=1S/C23H30N4O2/c1-5-27(6-2)19(12-17-10-8-7-9-11-17)15-24-22(28)18-13-20-21(16(3)4)26-29-23(20)25-14-18/h7-11,13-14,16,19H,5-6,12,15H2,1-4H3,(H,24,28)/t19-/m0/s1. The summed E-state index contributed by atoms with van der Waals surface area (Å²) in [7, 11) is 0. The lowest BCUT2D eigenvalue weighted by Gasteiger charge is -2.30. The van der Waals surface area contributed by atoms with E-state index in [1.165, 1.54) is 5.56 Å². The zero-order valence-corrected chi connectivity index (χ0v) is 17.7. The van der Waals surface area contributed by atoms with Gasteiger partial charge in [0.2, 0.25) is 0 Å². The smallest absolute Gasteiger partial charge is 0.257 e. The fourth-order valence-electron chi connectivity index (χ4n) is 3.66. The van der Waals surface area contributed by atoms with Gasteiger partial charge in [0.15, 0.2) is 0 Å². The van der Waals surface area contributed by atoms with Gasteiger partial charge in [-0.1, -0.05) is 63.2 Å². The summed E-state index contributed by atoms with van der Waals surface area (Å²) in [6.07, 6.45) is 2.44. The summed E-state index contributed by atoms with van der Waals surface area (Å²) in [6.45, 7) is 10.9. The first-order valence-corrected chi connectivity index (χ1v) is 10.3. The normalized spacial score (nSPS) is 12.6. The number of likely N-dealkylation sites (N-methyl/N-ethyl adjacent to an activating group) is 1. The molecule has 3 rings (SSSR count). The summed E-state index contributed by atoms with van der Waals surface area (Å²) in [4.78, 5) is 19.5. The molecular weight excluding hydrogens is 364 g/mol. The SMILES string of the molecule is CCN(CC)[C@H](CNC(=O)c1cnc2onc(C(C)C)c2c1)Cc1ccccc1. The molecule has 6 heteroatoms. The number of aromatic nitrogens is 2. The van der Waals surface area contributed by atoms with E-state index in [-0.39, 0.29) is 17.9 Å². The Morgan fingerprint density at radius 1 is 1.17 bits per heavy atom. The number of nitrogens with one attached hydrogen (secondary N) is 1. The van der Waals surface area contributed by atoms with Crippen LogP contribution < -0.4 is 5.32 Å². The van der Waals surface area contributed by atoms with E-state index in [4.69, 9.17) is 4.52 Å². The Morgan fingerprint density at radius 3 is 2.55 bits per heavy atom. The van der Waals surface area contributed by atoms with E-state index < -0.39 is 0 Å². The fourth-order valence-corrected chi connectivity index (χ4v) is 3.66. The Hall–Kier alpha value is -2.73. The highest BCUT2D eigenvalue weighted by Crippen LogP contribution is 2.24. The molecule has 0 radical (unpaired) electrons. The molecule has 0 aliphatic heterocycles. The molecule has 0 unspecified atom stereocenters. The molecule has 1 N–H and O–H groups in total. The van der Waals surface area contributed by atoms with Gasteiger partial charge in [-0.15, -0.1) is 0 Å².